The van der Waals surface area contributed by atoms with Crippen LogP contribution in [0.15, 0.2) is 151 Å². The molecule has 7 rings (SSSR count). The van der Waals surface area contributed by atoms with Gasteiger partial charge in [0.05, 0.1) is 0 Å². The van der Waals surface area contributed by atoms with Gasteiger partial charge in [-0.3, -0.25) is 0 Å². The highest BCUT2D eigenvalue weighted by Crippen LogP contribution is 2.49. The Labute approximate surface area is 266 Å². The first-order valence-corrected chi connectivity index (χ1v) is 18.7. The fourth-order valence-corrected chi connectivity index (χ4v) is 11.9. The third-order valence-electron chi connectivity index (χ3n) is 9.44. The Kier molecular flexibility index (Phi) is 8.49. The molecule has 0 heterocycles. The van der Waals surface area contributed by atoms with Crippen LogP contribution in [0.1, 0.15) is 55.4 Å². The SMILES string of the molecule is CCc1ccc(P(C2=CCCC=C2)c2ccccc2)cc1[C@@]1(C)CCc2ccc(P(c3ccccc3)c3ccccc3)cc21. The lowest BCUT2D eigenvalue weighted by Crippen LogP contribution is -2.27. The second-order valence-electron chi connectivity index (χ2n) is 12.2. The minimum Gasteiger partial charge on any atom is -0.0836 e. The van der Waals surface area contributed by atoms with Gasteiger partial charge in [0.1, 0.15) is 0 Å². The van der Waals surface area contributed by atoms with Crippen LogP contribution in [-0.4, -0.2) is 0 Å². The van der Waals surface area contributed by atoms with E-state index in [1.165, 1.54) is 54.1 Å². The zero-order valence-corrected chi connectivity index (χ0v) is 27.6. The molecule has 0 aromatic heterocycles. The molecule has 0 saturated heterocycles. The van der Waals surface area contributed by atoms with E-state index in [0.717, 1.165) is 32.1 Å². The van der Waals surface area contributed by atoms with E-state index in [0.29, 0.717) is 0 Å². The van der Waals surface area contributed by atoms with Crippen LogP contribution in [0.3, 0.4) is 0 Å². The monoisotopic (exact) mass is 606 g/mol. The van der Waals surface area contributed by atoms with Crippen molar-refractivity contribution in [2.24, 2.45) is 0 Å². The van der Waals surface area contributed by atoms with Crippen LogP contribution >= 0.6 is 15.8 Å². The van der Waals surface area contributed by atoms with Gasteiger partial charge in [-0.1, -0.05) is 147 Å². The van der Waals surface area contributed by atoms with Gasteiger partial charge in [-0.2, -0.15) is 0 Å². The molecule has 5 aromatic carbocycles. The summed E-state index contributed by atoms with van der Waals surface area (Å²) >= 11 is 0. The summed E-state index contributed by atoms with van der Waals surface area (Å²) < 4.78 is 0. The third kappa shape index (κ3) is 5.56. The van der Waals surface area contributed by atoms with Crippen molar-refractivity contribution in [2.75, 3.05) is 0 Å². The maximum Gasteiger partial charge on any atom is 0.0183 e. The Morgan fingerprint density at radius 1 is 0.591 bits per heavy atom. The van der Waals surface area contributed by atoms with E-state index < -0.39 is 15.8 Å². The first-order chi connectivity index (χ1) is 21.7. The Balaban J connectivity index is 1.36. The summed E-state index contributed by atoms with van der Waals surface area (Å²) in [5.41, 5.74) is 6.04. The van der Waals surface area contributed by atoms with Crippen LogP contribution in [0.25, 0.3) is 0 Å². The molecule has 0 aliphatic heterocycles. The predicted octanol–water partition coefficient (Wildman–Crippen LogP) is 8.93. The van der Waals surface area contributed by atoms with Crippen LogP contribution in [0.2, 0.25) is 0 Å². The van der Waals surface area contributed by atoms with E-state index >= 15 is 0 Å². The Morgan fingerprint density at radius 2 is 1.16 bits per heavy atom. The van der Waals surface area contributed by atoms with Gasteiger partial charge in [-0.25, -0.2) is 0 Å². The molecule has 0 spiro atoms. The molecule has 0 N–H and O–H groups in total. The van der Waals surface area contributed by atoms with Crippen molar-refractivity contribution in [2.45, 2.75) is 51.4 Å². The van der Waals surface area contributed by atoms with Crippen molar-refractivity contribution in [3.8, 4) is 0 Å². The van der Waals surface area contributed by atoms with Gasteiger partial charge in [0.2, 0.25) is 0 Å². The largest absolute Gasteiger partial charge is 0.0836 e. The van der Waals surface area contributed by atoms with Crippen molar-refractivity contribution < 1.29 is 0 Å². The predicted molar refractivity (Wildman–Crippen MR) is 195 cm³/mol. The lowest BCUT2D eigenvalue weighted by molar-refractivity contribution is 0.561. The van der Waals surface area contributed by atoms with E-state index in [1.807, 2.05) is 0 Å². The molecule has 0 radical (unpaired) electrons. The fourth-order valence-electron chi connectivity index (χ4n) is 7.15. The average molecular weight is 607 g/mol. The molecule has 2 aliphatic rings. The summed E-state index contributed by atoms with van der Waals surface area (Å²) in [5, 5.41) is 8.66. The van der Waals surface area contributed by atoms with Crippen molar-refractivity contribution in [3.05, 3.63) is 173 Å². The Hall–Kier alpha value is -3.56. The molecule has 0 bridgehead atoms. The van der Waals surface area contributed by atoms with Crippen LogP contribution in [0.5, 0.6) is 0 Å². The zero-order valence-electron chi connectivity index (χ0n) is 25.8. The summed E-state index contributed by atoms with van der Waals surface area (Å²) in [6.07, 6.45) is 12.9. The molecule has 0 fully saturated rings. The Morgan fingerprint density at radius 3 is 1.75 bits per heavy atom. The molecule has 0 nitrogen and oxygen atoms in total. The highest BCUT2D eigenvalue weighted by atomic mass is 31.1. The van der Waals surface area contributed by atoms with Gasteiger partial charge in [0.15, 0.2) is 0 Å². The normalized spacial score (nSPS) is 18.2. The van der Waals surface area contributed by atoms with Crippen molar-refractivity contribution in [1.29, 1.82) is 0 Å². The first-order valence-electron chi connectivity index (χ1n) is 16.0. The van der Waals surface area contributed by atoms with Gasteiger partial charge in [-0.05, 0) is 114 Å². The van der Waals surface area contributed by atoms with E-state index in [1.54, 1.807) is 0 Å². The van der Waals surface area contributed by atoms with E-state index in [-0.39, 0.29) is 5.41 Å². The maximum absolute atomic E-state index is 2.61. The maximum atomic E-state index is 2.61. The summed E-state index contributed by atoms with van der Waals surface area (Å²) in [6, 6.07) is 48.4. The second-order valence-corrected chi connectivity index (χ2v) is 16.6. The van der Waals surface area contributed by atoms with Gasteiger partial charge < -0.3 is 0 Å². The number of hydrogen-bond donors (Lipinski definition) is 0. The minimum absolute atomic E-state index is 0.0183. The van der Waals surface area contributed by atoms with Gasteiger partial charge in [-0.15, -0.1) is 0 Å². The summed E-state index contributed by atoms with van der Waals surface area (Å²) in [7, 11) is -1.25. The van der Waals surface area contributed by atoms with E-state index in [9.17, 15) is 0 Å². The molecule has 1 unspecified atom stereocenters. The summed E-state index contributed by atoms with van der Waals surface area (Å²) in [6.45, 7) is 4.85. The van der Waals surface area contributed by atoms with Crippen LogP contribution in [0, 0.1) is 0 Å². The molecule has 0 saturated carbocycles. The molecule has 0 amide bonds. The van der Waals surface area contributed by atoms with Gasteiger partial charge >= 0.3 is 0 Å². The van der Waals surface area contributed by atoms with Gasteiger partial charge in [0.25, 0.3) is 0 Å². The lowest BCUT2D eigenvalue weighted by Gasteiger charge is -2.32. The van der Waals surface area contributed by atoms with Crippen LogP contribution in [0.4, 0.5) is 0 Å². The topological polar surface area (TPSA) is 0 Å². The molecule has 44 heavy (non-hydrogen) atoms. The third-order valence-corrected chi connectivity index (χ3v) is 14.3. The molecular formula is C42H40P2. The Bertz CT molecular complexity index is 1760. The zero-order chi connectivity index (χ0) is 29.9. The molecule has 2 heteroatoms. The minimum atomic E-state index is -0.642. The molecule has 5 aromatic rings. The summed E-state index contributed by atoms with van der Waals surface area (Å²) in [4.78, 5) is 0. The number of fused-ring (bicyclic) bond motifs is 1. The second kappa shape index (κ2) is 12.8. The smallest absolute Gasteiger partial charge is 0.0183 e. The summed E-state index contributed by atoms with van der Waals surface area (Å²) in [5.74, 6) is 0. The van der Waals surface area contributed by atoms with Crippen molar-refractivity contribution in [1.82, 2.24) is 0 Å². The average Bonchev–Trinajstić information content (AvgIpc) is 3.43. The fraction of sp³-hybridized carbons (Fsp3) is 0.190. The number of hydrogen-bond acceptors (Lipinski definition) is 0. The quantitative estimate of drug-likeness (QED) is 0.155. The van der Waals surface area contributed by atoms with Crippen LogP contribution in [-0.2, 0) is 18.3 Å². The number of rotatable bonds is 8. The molecule has 2 atom stereocenters. The van der Waals surface area contributed by atoms with Crippen molar-refractivity contribution in [3.63, 3.8) is 0 Å². The lowest BCUT2D eigenvalue weighted by atomic mass is 9.75. The van der Waals surface area contributed by atoms with E-state index in [2.05, 4.69) is 159 Å². The molecular weight excluding hydrogens is 566 g/mol. The van der Waals surface area contributed by atoms with Crippen molar-refractivity contribution >= 4 is 42.4 Å². The van der Waals surface area contributed by atoms with E-state index in [4.69, 9.17) is 0 Å². The first kappa shape index (κ1) is 29.2. The number of aryl methyl sites for hydroxylation is 2. The highest BCUT2D eigenvalue weighted by molar-refractivity contribution is 7.79. The highest BCUT2D eigenvalue weighted by Gasteiger charge is 2.38. The van der Waals surface area contributed by atoms with Gasteiger partial charge in [0, 0.05) is 5.41 Å². The molecule has 218 valence electrons. The van der Waals surface area contributed by atoms with Crippen LogP contribution < -0.4 is 26.5 Å². The standard InChI is InChI=1S/C42H40P2/c1-3-32-24-26-38(43(34-16-8-4-9-17-34)35-18-10-5-11-19-35)30-40(32)42(2)29-28-33-25-27-39(31-41(33)42)44(36-20-12-6-13-21-36)37-22-14-7-15-23-37/h4,6-10,12-27,30-31H,3,5,11,28-29H2,1-2H3/t42-,43?/m1/s1. The number of benzene rings is 5. The number of allylic oxidation sites excluding steroid dienone is 4. The molecule has 2 aliphatic carbocycles.